The lowest BCUT2D eigenvalue weighted by molar-refractivity contribution is -0.120. The number of benzene rings is 1. The minimum absolute atomic E-state index is 0.174. The second-order valence-corrected chi connectivity index (χ2v) is 8.88. The van der Waals surface area contributed by atoms with Crippen LogP contribution in [0.2, 0.25) is 0 Å². The third-order valence-electron chi connectivity index (χ3n) is 6.40. The van der Waals surface area contributed by atoms with Gasteiger partial charge in [-0.05, 0) is 60.0 Å². The van der Waals surface area contributed by atoms with Gasteiger partial charge in [-0.1, -0.05) is 31.2 Å². The smallest absolute Gasteiger partial charge is 0.258 e. The van der Waals surface area contributed by atoms with Gasteiger partial charge in [0.05, 0.1) is 5.56 Å². The van der Waals surface area contributed by atoms with E-state index in [2.05, 4.69) is 25.6 Å². The number of fused-ring (bicyclic) bond motifs is 1. The number of pyridine rings is 3. The highest BCUT2D eigenvalue weighted by Gasteiger charge is 2.36. The molecule has 9 nitrogen and oxygen atoms in total. The highest BCUT2D eigenvalue weighted by molar-refractivity contribution is 6.09. The Kier molecular flexibility index (Phi) is 7.17. The molecule has 0 bridgehead atoms. The first-order valence-corrected chi connectivity index (χ1v) is 12.3. The topological polar surface area (TPSA) is 117 Å². The second kappa shape index (κ2) is 11.0. The number of amides is 3. The molecular formula is C29H26N6O3. The van der Waals surface area contributed by atoms with Crippen molar-refractivity contribution in [1.82, 2.24) is 19.9 Å². The molecule has 1 aliphatic heterocycles. The second-order valence-electron chi connectivity index (χ2n) is 8.88. The minimum atomic E-state index is -0.802. The van der Waals surface area contributed by atoms with Crippen molar-refractivity contribution < 1.29 is 14.4 Å². The number of hydrogen-bond acceptors (Lipinski definition) is 6. The SMILES string of the molecule is CCc1cc(CN2C(=O)c3cccnc3NC(=O)C2Cc2ccccn2)ccc1C(=O)Nc1ccccn1. The first-order chi connectivity index (χ1) is 18.5. The molecule has 190 valence electrons. The Labute approximate surface area is 220 Å². The summed E-state index contributed by atoms with van der Waals surface area (Å²) in [5.74, 6) is -0.183. The highest BCUT2D eigenvalue weighted by atomic mass is 16.2. The Morgan fingerprint density at radius 2 is 1.74 bits per heavy atom. The molecule has 4 heterocycles. The summed E-state index contributed by atoms with van der Waals surface area (Å²) in [5, 5.41) is 5.63. The molecular weight excluding hydrogens is 480 g/mol. The van der Waals surface area contributed by atoms with Gasteiger partial charge in [-0.25, -0.2) is 9.97 Å². The van der Waals surface area contributed by atoms with E-state index in [1.807, 2.05) is 31.2 Å². The predicted molar refractivity (Wildman–Crippen MR) is 142 cm³/mol. The van der Waals surface area contributed by atoms with Crippen LogP contribution in [0, 0.1) is 0 Å². The van der Waals surface area contributed by atoms with Crippen LogP contribution in [0.5, 0.6) is 0 Å². The normalized spacial score (nSPS) is 14.9. The van der Waals surface area contributed by atoms with Crippen LogP contribution in [0.15, 0.2) is 85.3 Å². The zero-order valence-corrected chi connectivity index (χ0v) is 20.8. The van der Waals surface area contributed by atoms with E-state index in [1.54, 1.807) is 59.8 Å². The van der Waals surface area contributed by atoms with Gasteiger partial charge in [-0.3, -0.25) is 19.4 Å². The molecule has 3 aromatic heterocycles. The maximum Gasteiger partial charge on any atom is 0.258 e. The van der Waals surface area contributed by atoms with E-state index < -0.39 is 6.04 Å². The summed E-state index contributed by atoms with van der Waals surface area (Å²) >= 11 is 0. The molecule has 0 spiro atoms. The molecule has 38 heavy (non-hydrogen) atoms. The largest absolute Gasteiger partial charge is 0.322 e. The molecule has 4 aromatic rings. The molecule has 0 fully saturated rings. The summed E-state index contributed by atoms with van der Waals surface area (Å²) < 4.78 is 0. The number of carbonyl (C=O) groups is 3. The van der Waals surface area contributed by atoms with Crippen LogP contribution in [0.1, 0.15) is 44.5 Å². The summed E-state index contributed by atoms with van der Waals surface area (Å²) in [4.78, 5) is 54.3. The van der Waals surface area contributed by atoms with E-state index in [1.165, 1.54) is 6.20 Å². The molecule has 1 aromatic carbocycles. The number of aromatic nitrogens is 3. The van der Waals surface area contributed by atoms with E-state index >= 15 is 0 Å². The molecule has 3 amide bonds. The molecule has 9 heteroatoms. The van der Waals surface area contributed by atoms with E-state index in [9.17, 15) is 14.4 Å². The number of nitrogens with one attached hydrogen (secondary N) is 2. The van der Waals surface area contributed by atoms with E-state index in [0.29, 0.717) is 29.1 Å². The van der Waals surface area contributed by atoms with Crippen LogP contribution in [0.3, 0.4) is 0 Å². The third kappa shape index (κ3) is 5.27. The van der Waals surface area contributed by atoms with Crippen LogP contribution >= 0.6 is 0 Å². The fourth-order valence-corrected chi connectivity index (χ4v) is 4.49. The number of carbonyl (C=O) groups excluding carboxylic acids is 3. The van der Waals surface area contributed by atoms with Gasteiger partial charge in [0, 0.05) is 42.8 Å². The lowest BCUT2D eigenvalue weighted by Crippen LogP contribution is -2.46. The van der Waals surface area contributed by atoms with Crippen molar-refractivity contribution in [1.29, 1.82) is 0 Å². The van der Waals surface area contributed by atoms with Gasteiger partial charge in [-0.2, -0.15) is 0 Å². The van der Waals surface area contributed by atoms with Gasteiger partial charge in [0.25, 0.3) is 11.8 Å². The summed E-state index contributed by atoms with van der Waals surface area (Å²) in [6.45, 7) is 2.14. The average Bonchev–Trinajstić information content (AvgIpc) is 3.04. The Balaban J connectivity index is 1.46. The van der Waals surface area contributed by atoms with Crippen molar-refractivity contribution in [3.63, 3.8) is 0 Å². The minimum Gasteiger partial charge on any atom is -0.322 e. The Morgan fingerprint density at radius 3 is 2.47 bits per heavy atom. The molecule has 1 unspecified atom stereocenters. The number of nitrogens with zero attached hydrogens (tertiary/aromatic N) is 4. The predicted octanol–water partition coefficient (Wildman–Crippen LogP) is 3.89. The van der Waals surface area contributed by atoms with Crippen LogP contribution in [0.25, 0.3) is 0 Å². The maximum atomic E-state index is 13.7. The number of aryl methyl sites for hydroxylation is 1. The lowest BCUT2D eigenvalue weighted by atomic mass is 9.99. The van der Waals surface area contributed by atoms with E-state index in [0.717, 1.165) is 11.1 Å². The van der Waals surface area contributed by atoms with Crippen LogP contribution < -0.4 is 10.6 Å². The van der Waals surface area contributed by atoms with Gasteiger partial charge in [0.15, 0.2) is 0 Å². The van der Waals surface area contributed by atoms with Crippen molar-refractivity contribution in [2.75, 3.05) is 10.6 Å². The molecule has 0 saturated carbocycles. The van der Waals surface area contributed by atoms with Gasteiger partial charge in [0.1, 0.15) is 17.7 Å². The first kappa shape index (κ1) is 24.8. The van der Waals surface area contributed by atoms with Gasteiger partial charge >= 0.3 is 0 Å². The molecule has 5 rings (SSSR count). The molecule has 0 saturated heterocycles. The van der Waals surface area contributed by atoms with Crippen LogP contribution in [-0.4, -0.2) is 43.6 Å². The number of hydrogen-bond donors (Lipinski definition) is 2. The third-order valence-corrected chi connectivity index (χ3v) is 6.40. The maximum absolute atomic E-state index is 13.7. The lowest BCUT2D eigenvalue weighted by Gasteiger charge is -2.29. The zero-order valence-electron chi connectivity index (χ0n) is 20.8. The van der Waals surface area contributed by atoms with Gasteiger partial charge in [0.2, 0.25) is 5.91 Å². The van der Waals surface area contributed by atoms with Gasteiger partial charge in [-0.15, -0.1) is 0 Å². The quantitative estimate of drug-likeness (QED) is 0.393. The van der Waals surface area contributed by atoms with Crippen molar-refractivity contribution in [3.05, 3.63) is 113 Å². The number of rotatable bonds is 7. The van der Waals surface area contributed by atoms with E-state index in [-0.39, 0.29) is 36.5 Å². The molecule has 0 radical (unpaired) electrons. The summed E-state index contributed by atoms with van der Waals surface area (Å²) in [6.07, 6.45) is 5.67. The average molecular weight is 507 g/mol. The Bertz CT molecular complexity index is 1480. The molecule has 0 aliphatic carbocycles. The van der Waals surface area contributed by atoms with Crippen molar-refractivity contribution in [2.45, 2.75) is 32.4 Å². The highest BCUT2D eigenvalue weighted by Crippen LogP contribution is 2.25. The summed E-state index contributed by atoms with van der Waals surface area (Å²) in [5.41, 5.74) is 3.18. The van der Waals surface area contributed by atoms with Crippen LogP contribution in [-0.2, 0) is 24.2 Å². The fraction of sp³-hybridized carbons (Fsp3) is 0.172. The molecule has 2 N–H and O–H groups in total. The zero-order chi connectivity index (χ0) is 26.5. The van der Waals surface area contributed by atoms with Crippen LogP contribution in [0.4, 0.5) is 11.6 Å². The molecule has 1 atom stereocenters. The van der Waals surface area contributed by atoms with Gasteiger partial charge < -0.3 is 15.5 Å². The monoisotopic (exact) mass is 506 g/mol. The van der Waals surface area contributed by atoms with E-state index in [4.69, 9.17) is 0 Å². The summed E-state index contributed by atoms with van der Waals surface area (Å²) in [7, 11) is 0. The number of anilines is 2. The Morgan fingerprint density at radius 1 is 0.947 bits per heavy atom. The van der Waals surface area contributed by atoms with Crippen molar-refractivity contribution >= 4 is 29.4 Å². The van der Waals surface area contributed by atoms with Crippen molar-refractivity contribution in [3.8, 4) is 0 Å². The summed E-state index contributed by atoms with van der Waals surface area (Å²) in [6, 6.07) is 18.8. The van der Waals surface area contributed by atoms with Crippen molar-refractivity contribution in [2.24, 2.45) is 0 Å². The molecule has 1 aliphatic rings. The first-order valence-electron chi connectivity index (χ1n) is 12.3. The standard InChI is InChI=1S/C29H26N6O3/c1-2-20-16-19(11-12-22(20)27(36)33-25-10-4-6-14-31-25)18-35-24(17-21-8-3-5-13-30-21)28(37)34-26-23(29(35)38)9-7-15-32-26/h3-16,24H,2,17-18H2,1H3,(H,31,33,36)(H,32,34,37). The fourth-order valence-electron chi connectivity index (χ4n) is 4.49. The Hall–Kier alpha value is -4.92.